The van der Waals surface area contributed by atoms with E-state index in [1.54, 1.807) is 12.3 Å². The van der Waals surface area contributed by atoms with Crippen LogP contribution in [-0.2, 0) is 0 Å². The maximum absolute atomic E-state index is 5.77. The van der Waals surface area contributed by atoms with Crippen molar-refractivity contribution in [1.29, 1.82) is 0 Å². The van der Waals surface area contributed by atoms with Gasteiger partial charge >= 0.3 is 0 Å². The molecule has 0 amide bonds. The van der Waals surface area contributed by atoms with Gasteiger partial charge in [0.2, 0.25) is 5.95 Å². The van der Waals surface area contributed by atoms with Crippen molar-refractivity contribution in [3.8, 4) is 0 Å². The maximum Gasteiger partial charge on any atom is 0.229 e. The summed E-state index contributed by atoms with van der Waals surface area (Å²) >= 11 is 0. The number of benzene rings is 1. The molecular formula is C16H27N7. The summed E-state index contributed by atoms with van der Waals surface area (Å²) in [6.07, 6.45) is 4.17. The lowest BCUT2D eigenvalue weighted by Crippen LogP contribution is -2.00. The average Bonchev–Trinajstić information content (AvgIpc) is 3.28. The summed E-state index contributed by atoms with van der Waals surface area (Å²) in [4.78, 5) is 8.65. The molecule has 2 heterocycles. The molecule has 0 unspecified atom stereocenters. The Balaban J connectivity index is 0. The molecule has 2 aromatic heterocycles. The third-order valence-corrected chi connectivity index (χ3v) is 3.67. The second-order valence-electron chi connectivity index (χ2n) is 5.62. The predicted octanol–water partition coefficient (Wildman–Crippen LogP) is 4.38. The fourth-order valence-electron chi connectivity index (χ4n) is 2.37. The van der Waals surface area contributed by atoms with E-state index < -0.39 is 0 Å². The van der Waals surface area contributed by atoms with Crippen molar-refractivity contribution in [2.45, 2.75) is 18.8 Å². The Morgan fingerprint density at radius 1 is 1.13 bits per heavy atom. The van der Waals surface area contributed by atoms with E-state index >= 15 is 0 Å². The minimum Gasteiger partial charge on any atom is -0.399 e. The van der Waals surface area contributed by atoms with Crippen molar-refractivity contribution in [3.05, 3.63) is 48.3 Å². The number of nitrogen functional groups attached to an aromatic ring is 1. The lowest BCUT2D eigenvalue weighted by atomic mass is 10.3. The molecule has 1 aliphatic carbocycles. The Labute approximate surface area is 140 Å². The second-order valence-corrected chi connectivity index (χ2v) is 5.62. The molecule has 1 saturated carbocycles. The standard InChI is InChI=1S/C16H17N7.5H2/c17-11-2-1-3-12(8-11)19-16-18-7-6-14(21-16)20-15-9-13(22-23-15)10-4-5-10;;;;;/h1-3,6-10H,4-5,17H2,(H3,18,19,20,21,22,23);5*1H. The highest BCUT2D eigenvalue weighted by Gasteiger charge is 2.25. The van der Waals surface area contributed by atoms with Gasteiger partial charge in [-0.05, 0) is 37.1 Å². The molecule has 1 aliphatic rings. The van der Waals surface area contributed by atoms with Gasteiger partial charge in [0.1, 0.15) is 5.82 Å². The monoisotopic (exact) mass is 317 g/mol. The molecule has 1 fully saturated rings. The zero-order chi connectivity index (χ0) is 15.6. The van der Waals surface area contributed by atoms with Crippen LogP contribution < -0.4 is 16.4 Å². The van der Waals surface area contributed by atoms with Crippen LogP contribution >= 0.6 is 0 Å². The normalized spacial score (nSPS) is 13.7. The van der Waals surface area contributed by atoms with Crippen molar-refractivity contribution in [3.63, 3.8) is 0 Å². The number of hydrogen-bond donors (Lipinski definition) is 4. The Morgan fingerprint density at radius 2 is 2.04 bits per heavy atom. The van der Waals surface area contributed by atoms with Gasteiger partial charge in [-0.25, -0.2) is 4.98 Å². The summed E-state index contributed by atoms with van der Waals surface area (Å²) in [7, 11) is 0. The van der Waals surface area contributed by atoms with E-state index in [1.807, 2.05) is 30.3 Å². The summed E-state index contributed by atoms with van der Waals surface area (Å²) < 4.78 is 0. The minimum atomic E-state index is 0. The highest BCUT2D eigenvalue weighted by atomic mass is 15.2. The molecular weight excluding hydrogens is 290 g/mol. The van der Waals surface area contributed by atoms with E-state index in [0.29, 0.717) is 23.4 Å². The first kappa shape index (κ1) is 13.6. The zero-order valence-corrected chi connectivity index (χ0v) is 12.5. The molecule has 5 N–H and O–H groups in total. The summed E-state index contributed by atoms with van der Waals surface area (Å²) in [6.45, 7) is 0. The quantitative estimate of drug-likeness (QED) is 0.521. The van der Waals surface area contributed by atoms with Gasteiger partial charge in [-0.2, -0.15) is 10.1 Å². The van der Waals surface area contributed by atoms with Gasteiger partial charge in [0, 0.05) is 42.4 Å². The van der Waals surface area contributed by atoms with Crippen molar-refractivity contribution < 1.29 is 7.13 Å². The van der Waals surface area contributed by atoms with E-state index in [9.17, 15) is 0 Å². The first-order chi connectivity index (χ1) is 11.3. The number of hydrogen-bond acceptors (Lipinski definition) is 6. The van der Waals surface area contributed by atoms with Gasteiger partial charge in [0.25, 0.3) is 0 Å². The lowest BCUT2D eigenvalue weighted by molar-refractivity contribution is 0.966. The average molecular weight is 317 g/mol. The predicted molar refractivity (Wildman–Crippen MR) is 101 cm³/mol. The van der Waals surface area contributed by atoms with Gasteiger partial charge in [0.15, 0.2) is 5.82 Å². The van der Waals surface area contributed by atoms with E-state index in [0.717, 1.165) is 11.5 Å². The maximum atomic E-state index is 5.77. The third kappa shape index (κ3) is 3.23. The first-order valence-electron chi connectivity index (χ1n) is 7.54. The fraction of sp³-hybridized carbons (Fsp3) is 0.188. The summed E-state index contributed by atoms with van der Waals surface area (Å²) in [6, 6.07) is 11.3. The number of nitrogens with one attached hydrogen (secondary N) is 3. The number of anilines is 5. The number of nitrogens with two attached hydrogens (primary N) is 1. The largest absolute Gasteiger partial charge is 0.399 e. The Morgan fingerprint density at radius 3 is 2.87 bits per heavy atom. The van der Waals surface area contributed by atoms with Crippen molar-refractivity contribution >= 4 is 29.0 Å². The fourth-order valence-corrected chi connectivity index (χ4v) is 2.37. The van der Waals surface area contributed by atoms with Crippen LogP contribution in [0.2, 0.25) is 0 Å². The van der Waals surface area contributed by atoms with Crippen LogP contribution in [0.4, 0.5) is 29.0 Å². The van der Waals surface area contributed by atoms with Gasteiger partial charge < -0.3 is 16.4 Å². The second kappa shape index (κ2) is 5.60. The molecule has 0 radical (unpaired) electrons. The first-order valence-corrected chi connectivity index (χ1v) is 7.54. The number of nitrogens with zero attached hydrogens (tertiary/aromatic N) is 3. The molecule has 7 nitrogen and oxygen atoms in total. The van der Waals surface area contributed by atoms with Crippen LogP contribution in [0.1, 0.15) is 31.6 Å². The van der Waals surface area contributed by atoms with Crippen LogP contribution in [0, 0.1) is 0 Å². The molecule has 0 spiro atoms. The van der Waals surface area contributed by atoms with Crippen LogP contribution in [0.5, 0.6) is 0 Å². The molecule has 3 aromatic rings. The van der Waals surface area contributed by atoms with Crippen molar-refractivity contribution in [1.82, 2.24) is 20.2 Å². The summed E-state index contributed by atoms with van der Waals surface area (Å²) in [5, 5.41) is 13.6. The van der Waals surface area contributed by atoms with Crippen molar-refractivity contribution in [2.75, 3.05) is 16.4 Å². The number of aromatic nitrogens is 4. The lowest BCUT2D eigenvalue weighted by Gasteiger charge is -2.07. The SMILES string of the molecule is Nc1cccc(Nc2nccc(Nc3cc(C4CC4)[nH]n3)n2)c1.[HH].[HH].[HH].[HH].[HH]. The van der Waals surface area contributed by atoms with Crippen LogP contribution in [0.3, 0.4) is 0 Å². The molecule has 7 heteroatoms. The van der Waals surface area contributed by atoms with Crippen LogP contribution in [-0.4, -0.2) is 20.2 Å². The zero-order valence-electron chi connectivity index (χ0n) is 12.5. The van der Waals surface area contributed by atoms with Crippen molar-refractivity contribution in [2.24, 2.45) is 0 Å². The molecule has 23 heavy (non-hydrogen) atoms. The molecule has 126 valence electrons. The third-order valence-electron chi connectivity index (χ3n) is 3.67. The Hall–Kier alpha value is -3.09. The highest BCUT2D eigenvalue weighted by Crippen LogP contribution is 2.39. The van der Waals surface area contributed by atoms with Gasteiger partial charge in [-0.3, -0.25) is 5.10 Å². The number of aromatic amines is 1. The van der Waals surface area contributed by atoms with E-state index in [4.69, 9.17) is 5.73 Å². The molecule has 0 aliphatic heterocycles. The minimum absolute atomic E-state index is 0. The van der Waals surface area contributed by atoms with Gasteiger partial charge in [-0.15, -0.1) is 0 Å². The molecule has 0 saturated heterocycles. The Bertz CT molecular complexity index is 842. The Kier molecular flexibility index (Phi) is 3.30. The summed E-state index contributed by atoms with van der Waals surface area (Å²) in [5.74, 6) is 2.59. The topological polar surface area (TPSA) is 105 Å². The smallest absolute Gasteiger partial charge is 0.229 e. The highest BCUT2D eigenvalue weighted by molar-refractivity contribution is 5.61. The van der Waals surface area contributed by atoms with E-state index in [2.05, 4.69) is 30.8 Å². The van der Waals surface area contributed by atoms with Crippen LogP contribution in [0.25, 0.3) is 0 Å². The number of H-pyrrole nitrogens is 1. The molecule has 4 rings (SSSR count). The van der Waals surface area contributed by atoms with Gasteiger partial charge in [0.05, 0.1) is 0 Å². The number of rotatable bonds is 5. The molecule has 1 aromatic carbocycles. The van der Waals surface area contributed by atoms with Gasteiger partial charge in [-0.1, -0.05) is 6.07 Å². The van der Waals surface area contributed by atoms with E-state index in [-0.39, 0.29) is 7.13 Å². The molecule has 0 bridgehead atoms. The summed E-state index contributed by atoms with van der Waals surface area (Å²) in [5.41, 5.74) is 8.49. The molecule has 0 atom stereocenters. The van der Waals surface area contributed by atoms with E-state index in [1.165, 1.54) is 18.5 Å². The van der Waals surface area contributed by atoms with Crippen LogP contribution in [0.15, 0.2) is 42.6 Å².